The SMILES string of the molecule is Cc1cc2oc(=O)cc(CSc3nnc(-c4ccccc4)o3)c2cc1Cl. The minimum Gasteiger partial charge on any atom is -0.423 e. The lowest BCUT2D eigenvalue weighted by molar-refractivity contribution is 0.466. The van der Waals surface area contributed by atoms with Gasteiger partial charge in [0.25, 0.3) is 5.22 Å². The third-order valence-electron chi connectivity index (χ3n) is 3.89. The number of thioether (sulfide) groups is 1. The van der Waals surface area contributed by atoms with Crippen LogP contribution >= 0.6 is 23.4 Å². The molecule has 0 aliphatic rings. The van der Waals surface area contributed by atoms with Gasteiger partial charge in [0, 0.05) is 27.8 Å². The summed E-state index contributed by atoms with van der Waals surface area (Å²) in [6.45, 7) is 1.87. The second-order valence-electron chi connectivity index (χ2n) is 5.72. The largest absolute Gasteiger partial charge is 0.423 e. The molecule has 4 aromatic rings. The Morgan fingerprint density at radius 1 is 1.08 bits per heavy atom. The van der Waals surface area contributed by atoms with Gasteiger partial charge < -0.3 is 8.83 Å². The van der Waals surface area contributed by atoms with Crippen LogP contribution in [0, 0.1) is 6.92 Å². The molecule has 130 valence electrons. The number of hydrogen-bond acceptors (Lipinski definition) is 6. The molecule has 0 radical (unpaired) electrons. The van der Waals surface area contributed by atoms with Crippen LogP contribution in [-0.2, 0) is 5.75 Å². The summed E-state index contributed by atoms with van der Waals surface area (Å²) in [5.41, 5.74) is 2.65. The van der Waals surface area contributed by atoms with Gasteiger partial charge in [0.1, 0.15) is 5.58 Å². The van der Waals surface area contributed by atoms with Gasteiger partial charge in [-0.05, 0) is 42.3 Å². The van der Waals surface area contributed by atoms with Crippen molar-refractivity contribution in [3.8, 4) is 11.5 Å². The topological polar surface area (TPSA) is 69.1 Å². The molecule has 0 aliphatic carbocycles. The van der Waals surface area contributed by atoms with Gasteiger partial charge in [-0.2, -0.15) is 0 Å². The Hall–Kier alpha value is -2.57. The van der Waals surface area contributed by atoms with Crippen molar-refractivity contribution in [2.45, 2.75) is 17.9 Å². The highest BCUT2D eigenvalue weighted by molar-refractivity contribution is 7.98. The molecule has 2 heterocycles. The Kier molecular flexibility index (Phi) is 4.53. The van der Waals surface area contributed by atoms with E-state index in [0.717, 1.165) is 22.1 Å². The van der Waals surface area contributed by atoms with E-state index in [0.29, 0.717) is 27.5 Å². The van der Waals surface area contributed by atoms with Crippen molar-refractivity contribution in [2.24, 2.45) is 0 Å². The Morgan fingerprint density at radius 3 is 2.69 bits per heavy atom. The number of aromatic nitrogens is 2. The van der Waals surface area contributed by atoms with Gasteiger partial charge in [0.2, 0.25) is 5.89 Å². The quantitative estimate of drug-likeness (QED) is 0.360. The van der Waals surface area contributed by atoms with Gasteiger partial charge in [0.15, 0.2) is 0 Å². The molecule has 0 bridgehead atoms. The molecule has 2 aromatic carbocycles. The van der Waals surface area contributed by atoms with E-state index in [4.69, 9.17) is 20.4 Å². The zero-order valence-electron chi connectivity index (χ0n) is 13.7. The molecule has 0 unspecified atom stereocenters. The molecule has 0 saturated carbocycles. The maximum Gasteiger partial charge on any atom is 0.336 e. The maximum atomic E-state index is 11.8. The standard InChI is InChI=1S/C19H13ClN2O3S/c1-11-7-16-14(9-15(11)20)13(8-17(23)24-16)10-26-19-22-21-18(25-19)12-5-3-2-4-6-12/h2-9H,10H2,1H3. The first kappa shape index (κ1) is 16.9. The van der Waals surface area contributed by atoms with Crippen LogP contribution in [0.15, 0.2) is 67.4 Å². The van der Waals surface area contributed by atoms with Crippen molar-refractivity contribution < 1.29 is 8.83 Å². The van der Waals surface area contributed by atoms with Gasteiger partial charge in [0.05, 0.1) is 0 Å². The van der Waals surface area contributed by atoms with Crippen molar-refractivity contribution in [3.05, 3.63) is 75.1 Å². The molecule has 2 aromatic heterocycles. The molecule has 4 rings (SSSR count). The molecule has 0 aliphatic heterocycles. The Morgan fingerprint density at radius 2 is 1.88 bits per heavy atom. The van der Waals surface area contributed by atoms with Crippen molar-refractivity contribution in [1.82, 2.24) is 10.2 Å². The fraction of sp³-hybridized carbons (Fsp3) is 0.105. The lowest BCUT2D eigenvalue weighted by Gasteiger charge is -2.06. The molecule has 0 spiro atoms. The summed E-state index contributed by atoms with van der Waals surface area (Å²) in [5.74, 6) is 0.946. The molecule has 26 heavy (non-hydrogen) atoms. The number of benzene rings is 2. The van der Waals surface area contributed by atoms with E-state index in [1.165, 1.54) is 17.8 Å². The highest BCUT2D eigenvalue weighted by atomic mass is 35.5. The van der Waals surface area contributed by atoms with Gasteiger partial charge >= 0.3 is 5.63 Å². The van der Waals surface area contributed by atoms with Crippen LogP contribution in [0.4, 0.5) is 0 Å². The van der Waals surface area contributed by atoms with Crippen LogP contribution in [0.2, 0.25) is 5.02 Å². The summed E-state index contributed by atoms with van der Waals surface area (Å²) >= 11 is 7.58. The van der Waals surface area contributed by atoms with Crippen LogP contribution in [-0.4, -0.2) is 10.2 Å². The molecule has 0 N–H and O–H groups in total. The van der Waals surface area contributed by atoms with Gasteiger partial charge in [-0.25, -0.2) is 4.79 Å². The number of rotatable bonds is 4. The minimum atomic E-state index is -0.398. The van der Waals surface area contributed by atoms with Crippen LogP contribution in [0.1, 0.15) is 11.1 Å². The average Bonchev–Trinajstić information content (AvgIpc) is 3.11. The van der Waals surface area contributed by atoms with Crippen LogP contribution < -0.4 is 5.63 Å². The van der Waals surface area contributed by atoms with E-state index >= 15 is 0 Å². The second-order valence-corrected chi connectivity index (χ2v) is 7.05. The third kappa shape index (κ3) is 3.38. The Labute approximate surface area is 158 Å². The van der Waals surface area contributed by atoms with E-state index in [2.05, 4.69) is 10.2 Å². The van der Waals surface area contributed by atoms with Crippen molar-refractivity contribution >= 4 is 34.3 Å². The number of hydrogen-bond donors (Lipinski definition) is 0. The highest BCUT2D eigenvalue weighted by Crippen LogP contribution is 2.30. The Bertz CT molecular complexity index is 1140. The number of aryl methyl sites for hydroxylation is 1. The summed E-state index contributed by atoms with van der Waals surface area (Å²) in [7, 11) is 0. The Balaban J connectivity index is 1.61. The van der Waals surface area contributed by atoms with Gasteiger partial charge in [-0.15, -0.1) is 10.2 Å². The monoisotopic (exact) mass is 384 g/mol. The maximum absolute atomic E-state index is 11.8. The number of nitrogens with zero attached hydrogens (tertiary/aromatic N) is 2. The van der Waals surface area contributed by atoms with E-state index in [1.807, 2.05) is 43.3 Å². The first-order valence-corrected chi connectivity index (χ1v) is 9.21. The van der Waals surface area contributed by atoms with Crippen molar-refractivity contribution in [2.75, 3.05) is 0 Å². The first-order chi connectivity index (χ1) is 12.6. The number of fused-ring (bicyclic) bond motifs is 1. The van der Waals surface area contributed by atoms with Crippen LogP contribution in [0.5, 0.6) is 0 Å². The van der Waals surface area contributed by atoms with Crippen molar-refractivity contribution in [1.29, 1.82) is 0 Å². The fourth-order valence-electron chi connectivity index (χ4n) is 2.57. The average molecular weight is 385 g/mol. The summed E-state index contributed by atoms with van der Waals surface area (Å²) in [6.07, 6.45) is 0. The summed E-state index contributed by atoms with van der Waals surface area (Å²) in [6, 6.07) is 14.6. The highest BCUT2D eigenvalue weighted by Gasteiger charge is 2.12. The van der Waals surface area contributed by atoms with E-state index < -0.39 is 5.63 Å². The van der Waals surface area contributed by atoms with E-state index in [1.54, 1.807) is 6.07 Å². The predicted octanol–water partition coefficient (Wildman–Crippen LogP) is 5.10. The van der Waals surface area contributed by atoms with Crippen LogP contribution in [0.25, 0.3) is 22.4 Å². The molecule has 0 amide bonds. The van der Waals surface area contributed by atoms with Gasteiger partial charge in [-0.3, -0.25) is 0 Å². The first-order valence-electron chi connectivity index (χ1n) is 7.85. The van der Waals surface area contributed by atoms with E-state index in [9.17, 15) is 4.79 Å². The molecule has 0 atom stereocenters. The van der Waals surface area contributed by atoms with E-state index in [-0.39, 0.29) is 0 Å². The molecular formula is C19H13ClN2O3S. The molecule has 7 heteroatoms. The summed E-state index contributed by atoms with van der Waals surface area (Å²) in [5, 5.41) is 9.99. The zero-order valence-corrected chi connectivity index (χ0v) is 15.3. The normalized spacial score (nSPS) is 11.2. The minimum absolute atomic E-state index is 0.398. The lowest BCUT2D eigenvalue weighted by Crippen LogP contribution is -2.00. The fourth-order valence-corrected chi connectivity index (χ4v) is 3.49. The number of halogens is 1. The zero-order chi connectivity index (χ0) is 18.1. The predicted molar refractivity (Wildman–Crippen MR) is 102 cm³/mol. The van der Waals surface area contributed by atoms with Crippen molar-refractivity contribution in [3.63, 3.8) is 0 Å². The summed E-state index contributed by atoms with van der Waals surface area (Å²) in [4.78, 5) is 11.8. The molecule has 0 fully saturated rings. The summed E-state index contributed by atoms with van der Waals surface area (Å²) < 4.78 is 11.0. The molecule has 0 saturated heterocycles. The van der Waals surface area contributed by atoms with Gasteiger partial charge in [-0.1, -0.05) is 41.6 Å². The third-order valence-corrected chi connectivity index (χ3v) is 5.16. The van der Waals surface area contributed by atoms with Crippen LogP contribution in [0.3, 0.4) is 0 Å². The second kappa shape index (κ2) is 6.97. The molecule has 5 nitrogen and oxygen atoms in total. The lowest BCUT2D eigenvalue weighted by atomic mass is 10.1. The smallest absolute Gasteiger partial charge is 0.336 e. The molecular weight excluding hydrogens is 372 g/mol.